The Morgan fingerprint density at radius 2 is 0.667 bits per heavy atom. The monoisotopic (exact) mass is 893 g/mol. The zero-order chi connectivity index (χ0) is 46.3. The minimum absolute atomic E-state index is 0.0169. The lowest BCUT2D eigenvalue weighted by Gasteiger charge is -2.26. The van der Waals surface area contributed by atoms with Crippen LogP contribution in [0.4, 0.5) is 0 Å². The molecule has 6 nitrogen and oxygen atoms in total. The van der Waals surface area contributed by atoms with Crippen molar-refractivity contribution in [3.05, 3.63) is 0 Å². The van der Waals surface area contributed by atoms with Crippen LogP contribution in [-0.2, 0) is 28.5 Å². The van der Waals surface area contributed by atoms with Crippen molar-refractivity contribution in [3.63, 3.8) is 0 Å². The molecule has 0 spiro atoms. The molecule has 6 heteroatoms. The third-order valence-electron chi connectivity index (χ3n) is 12.8. The summed E-state index contributed by atoms with van der Waals surface area (Å²) in [7, 11) is 0. The Kier molecular flexibility index (Phi) is 46.5. The number of hydrogen-bond acceptors (Lipinski definition) is 6. The summed E-state index contributed by atoms with van der Waals surface area (Å²) in [6, 6.07) is 0. The number of unbranched alkanes of at least 4 members (excludes halogenated alkanes) is 28. The fraction of sp³-hybridized carbons (Fsp3) is 0.965. The first-order valence-electron chi connectivity index (χ1n) is 28.2. The van der Waals surface area contributed by atoms with Crippen LogP contribution in [0.3, 0.4) is 0 Å². The second-order valence-corrected chi connectivity index (χ2v) is 20.8. The van der Waals surface area contributed by atoms with Crippen LogP contribution in [0.25, 0.3) is 0 Å². The molecule has 0 amide bonds. The minimum atomic E-state index is 0.0169. The highest BCUT2D eigenvalue weighted by Crippen LogP contribution is 2.24. The van der Waals surface area contributed by atoms with Crippen molar-refractivity contribution >= 4 is 11.9 Å². The average Bonchev–Trinajstić information content (AvgIpc) is 3.25. The zero-order valence-electron chi connectivity index (χ0n) is 43.8. The molecular weight excluding hydrogens is 781 g/mol. The van der Waals surface area contributed by atoms with Gasteiger partial charge in [0.15, 0.2) is 0 Å². The molecule has 0 bridgehead atoms. The smallest absolute Gasteiger partial charge is 0.306 e. The predicted molar refractivity (Wildman–Crippen MR) is 272 cm³/mol. The van der Waals surface area contributed by atoms with Crippen LogP contribution in [0.5, 0.6) is 0 Å². The summed E-state index contributed by atoms with van der Waals surface area (Å²) in [5.41, 5.74) is 0.189. The van der Waals surface area contributed by atoms with Crippen molar-refractivity contribution in [2.45, 2.75) is 330 Å². The molecule has 1 unspecified atom stereocenters. The molecule has 0 aromatic carbocycles. The average molecular weight is 894 g/mol. The maximum absolute atomic E-state index is 12.8. The van der Waals surface area contributed by atoms with Gasteiger partial charge in [-0.25, -0.2) is 0 Å². The molecule has 0 saturated heterocycles. The Morgan fingerprint density at radius 1 is 0.365 bits per heavy atom. The van der Waals surface area contributed by atoms with Gasteiger partial charge in [-0.05, 0) is 88.9 Å². The molecule has 0 heterocycles. The molecule has 0 aromatic heterocycles. The molecule has 0 radical (unpaired) electrons. The molecule has 63 heavy (non-hydrogen) atoms. The zero-order valence-corrected chi connectivity index (χ0v) is 43.8. The third kappa shape index (κ3) is 47.2. The Labute approximate surface area is 394 Å². The van der Waals surface area contributed by atoms with E-state index in [0.717, 1.165) is 110 Å². The maximum atomic E-state index is 12.8. The highest BCUT2D eigenvalue weighted by Gasteiger charge is 2.20. The highest BCUT2D eigenvalue weighted by molar-refractivity contribution is 5.69. The molecule has 0 rings (SSSR count). The van der Waals surface area contributed by atoms with Gasteiger partial charge in [0.1, 0.15) is 12.2 Å². The third-order valence-corrected chi connectivity index (χ3v) is 12.8. The van der Waals surface area contributed by atoms with E-state index in [1.165, 1.54) is 154 Å². The Morgan fingerprint density at radius 3 is 1.02 bits per heavy atom. The lowest BCUT2D eigenvalue weighted by Crippen LogP contribution is -2.26. The fourth-order valence-corrected chi connectivity index (χ4v) is 8.84. The van der Waals surface area contributed by atoms with Crippen molar-refractivity contribution in [3.8, 4) is 0 Å². The summed E-state index contributed by atoms with van der Waals surface area (Å²) < 4.78 is 24.6. The van der Waals surface area contributed by atoms with Crippen LogP contribution in [0.1, 0.15) is 312 Å². The Balaban J connectivity index is 4.27. The SMILES string of the molecule is CCCCCCCCC(CCCCCCCC)OC(=O)CCCCCCCOCC(CC(C)(C)C)OCCCCCCCC(=O)OC(CCCCCCCC)CCCCCCCC. The molecule has 376 valence electrons. The lowest BCUT2D eigenvalue weighted by molar-refractivity contribution is -0.151. The van der Waals surface area contributed by atoms with Gasteiger partial charge in [0.05, 0.1) is 12.7 Å². The second-order valence-electron chi connectivity index (χ2n) is 20.8. The number of carbonyl (C=O) groups excluding carboxylic acids is 2. The summed E-state index contributed by atoms with van der Waals surface area (Å²) in [5, 5.41) is 0. The van der Waals surface area contributed by atoms with E-state index in [0.29, 0.717) is 19.4 Å². The molecule has 0 N–H and O–H groups in total. The first kappa shape index (κ1) is 61.9. The van der Waals surface area contributed by atoms with Gasteiger partial charge >= 0.3 is 11.9 Å². The predicted octanol–water partition coefficient (Wildman–Crippen LogP) is 18.3. The molecule has 0 fully saturated rings. The molecular formula is C57H112O6. The summed E-state index contributed by atoms with van der Waals surface area (Å²) in [4.78, 5) is 25.6. The van der Waals surface area contributed by atoms with Crippen LogP contribution in [0.2, 0.25) is 0 Å². The molecule has 0 aliphatic heterocycles. The van der Waals surface area contributed by atoms with Crippen LogP contribution in [0, 0.1) is 5.41 Å². The number of carbonyl (C=O) groups is 2. The largest absolute Gasteiger partial charge is 0.462 e. The maximum Gasteiger partial charge on any atom is 0.306 e. The summed E-state index contributed by atoms with van der Waals surface area (Å²) >= 11 is 0. The van der Waals surface area contributed by atoms with E-state index in [2.05, 4.69) is 48.5 Å². The molecule has 0 aromatic rings. The minimum Gasteiger partial charge on any atom is -0.462 e. The van der Waals surface area contributed by atoms with Gasteiger partial charge in [0, 0.05) is 26.1 Å². The molecule has 0 aliphatic carbocycles. The van der Waals surface area contributed by atoms with E-state index in [9.17, 15) is 9.59 Å². The van der Waals surface area contributed by atoms with Crippen molar-refractivity contribution in [2.75, 3.05) is 19.8 Å². The first-order valence-corrected chi connectivity index (χ1v) is 28.2. The quantitative estimate of drug-likeness (QED) is 0.0448. The number of rotatable bonds is 50. The van der Waals surface area contributed by atoms with Crippen LogP contribution in [0.15, 0.2) is 0 Å². The first-order chi connectivity index (χ1) is 30.6. The van der Waals surface area contributed by atoms with Gasteiger partial charge in [-0.15, -0.1) is 0 Å². The number of hydrogen-bond donors (Lipinski definition) is 0. The van der Waals surface area contributed by atoms with Crippen LogP contribution in [-0.4, -0.2) is 50.1 Å². The normalized spacial score (nSPS) is 12.5. The standard InChI is InChI=1S/C57H112O6/c1-8-12-16-20-26-34-42-52(43-35-27-21-17-13-9-2)62-55(58)46-38-30-24-32-40-48-60-51-54(50-57(5,6)7)61-49-41-33-25-31-39-47-56(59)63-53(44-36-28-22-18-14-10-3)45-37-29-23-19-15-11-4/h52-54H,8-51H2,1-7H3. The Bertz CT molecular complexity index is 913. The van der Waals surface area contributed by atoms with E-state index in [-0.39, 0.29) is 35.7 Å². The van der Waals surface area contributed by atoms with Gasteiger partial charge in [0.25, 0.3) is 0 Å². The Hall–Kier alpha value is -1.14. The topological polar surface area (TPSA) is 71.1 Å². The van der Waals surface area contributed by atoms with E-state index in [4.69, 9.17) is 18.9 Å². The van der Waals surface area contributed by atoms with Gasteiger partial charge in [0.2, 0.25) is 0 Å². The van der Waals surface area contributed by atoms with Gasteiger partial charge in [-0.1, -0.05) is 215 Å². The summed E-state index contributed by atoms with van der Waals surface area (Å²) in [5.74, 6) is 0.0339. The molecule has 0 aliphatic rings. The van der Waals surface area contributed by atoms with Crippen molar-refractivity contribution in [1.82, 2.24) is 0 Å². The van der Waals surface area contributed by atoms with Crippen LogP contribution < -0.4 is 0 Å². The van der Waals surface area contributed by atoms with E-state index in [1.807, 2.05) is 0 Å². The molecule has 1 atom stereocenters. The lowest BCUT2D eigenvalue weighted by atomic mass is 9.89. The van der Waals surface area contributed by atoms with Crippen molar-refractivity contribution in [2.24, 2.45) is 5.41 Å². The highest BCUT2D eigenvalue weighted by atomic mass is 16.5. The van der Waals surface area contributed by atoms with Crippen LogP contribution >= 0.6 is 0 Å². The van der Waals surface area contributed by atoms with Gasteiger partial charge in [-0.3, -0.25) is 9.59 Å². The van der Waals surface area contributed by atoms with E-state index < -0.39 is 0 Å². The summed E-state index contributed by atoms with van der Waals surface area (Å²) in [6.45, 7) is 18.1. The fourth-order valence-electron chi connectivity index (χ4n) is 8.84. The molecule has 0 saturated carbocycles. The van der Waals surface area contributed by atoms with Gasteiger partial charge in [-0.2, -0.15) is 0 Å². The number of ether oxygens (including phenoxy) is 4. The second kappa shape index (κ2) is 47.4. The summed E-state index contributed by atoms with van der Waals surface area (Å²) in [6.07, 6.45) is 48.1. The van der Waals surface area contributed by atoms with E-state index in [1.54, 1.807) is 0 Å². The van der Waals surface area contributed by atoms with Gasteiger partial charge < -0.3 is 18.9 Å². The van der Waals surface area contributed by atoms with Crippen molar-refractivity contribution < 1.29 is 28.5 Å². The number of esters is 2. The van der Waals surface area contributed by atoms with E-state index >= 15 is 0 Å². The van der Waals surface area contributed by atoms with Crippen molar-refractivity contribution in [1.29, 1.82) is 0 Å².